The van der Waals surface area contributed by atoms with Gasteiger partial charge in [-0.3, -0.25) is 0 Å². The van der Waals surface area contributed by atoms with Crippen molar-refractivity contribution < 1.29 is 34.4 Å². The number of aliphatic hydroxyl groups is 3. The van der Waals surface area contributed by atoms with Crippen molar-refractivity contribution in [1.82, 2.24) is 14.7 Å². The average Bonchev–Trinajstić information content (AvgIpc) is 2.97. The number of piperidine rings is 3. The standard InChI is InChI=1S/2C13H21NO3.C8H13NO/c1-5-11(15)10-7-6-8-14(9-10)12(16)17-13(2,3)4;1-5-11(15)10-8-6-7-9-14(10)12(16)17-13(2,3)4;1-3-8(10)4-6-9(2)7-5-8/h2*1,10-11,15H,6-9H2,2-4H3;1,10H,4-7H2,2H3. The molecule has 2 amide bonds. The molecule has 3 heterocycles. The largest absolute Gasteiger partial charge is 0.444 e. The van der Waals surface area contributed by atoms with Crippen molar-refractivity contribution in [2.24, 2.45) is 5.92 Å². The number of hydrogen-bond donors (Lipinski definition) is 3. The lowest BCUT2D eigenvalue weighted by Gasteiger charge is -2.37. The molecule has 0 saturated carbocycles. The number of likely N-dealkylation sites (tertiary alicyclic amines) is 3. The van der Waals surface area contributed by atoms with Crippen LogP contribution in [0.15, 0.2) is 0 Å². The first-order valence-corrected chi connectivity index (χ1v) is 15.5. The Hall–Kier alpha value is -2.94. The number of nitrogens with zero attached hydrogens (tertiary/aromatic N) is 3. The highest BCUT2D eigenvalue weighted by Crippen LogP contribution is 2.23. The van der Waals surface area contributed by atoms with E-state index in [0.29, 0.717) is 32.5 Å². The number of rotatable bonds is 2. The Balaban J connectivity index is 0.000000342. The normalized spacial score (nSPS) is 23.4. The second-order valence-electron chi connectivity index (χ2n) is 13.8. The molecule has 3 aliphatic rings. The molecule has 0 aromatic heterocycles. The summed E-state index contributed by atoms with van der Waals surface area (Å²) in [6, 6.07) is -0.316. The van der Waals surface area contributed by atoms with Crippen LogP contribution in [0.1, 0.15) is 86.5 Å². The molecule has 0 aromatic carbocycles. The van der Waals surface area contributed by atoms with Gasteiger partial charge in [0, 0.05) is 51.5 Å². The van der Waals surface area contributed by atoms with E-state index in [1.165, 1.54) is 0 Å². The lowest BCUT2D eigenvalue weighted by Crippen LogP contribution is -2.50. The molecular weight excluding hydrogens is 562 g/mol. The van der Waals surface area contributed by atoms with Gasteiger partial charge < -0.3 is 39.5 Å². The van der Waals surface area contributed by atoms with Gasteiger partial charge in [0.1, 0.15) is 29.0 Å². The third-order valence-electron chi connectivity index (χ3n) is 7.52. The van der Waals surface area contributed by atoms with Crippen LogP contribution in [0, 0.1) is 42.9 Å². The smallest absolute Gasteiger partial charge is 0.410 e. The monoisotopic (exact) mass is 617 g/mol. The number of amides is 2. The Morgan fingerprint density at radius 1 is 0.818 bits per heavy atom. The van der Waals surface area contributed by atoms with E-state index in [-0.39, 0.29) is 18.1 Å². The summed E-state index contributed by atoms with van der Waals surface area (Å²) in [6.07, 6.45) is 18.9. The van der Waals surface area contributed by atoms with Crippen LogP contribution in [0.5, 0.6) is 0 Å². The molecule has 10 nitrogen and oxygen atoms in total. The maximum atomic E-state index is 12.0. The van der Waals surface area contributed by atoms with Crippen molar-refractivity contribution in [3.05, 3.63) is 0 Å². The van der Waals surface area contributed by atoms with E-state index < -0.39 is 35.1 Å². The molecular formula is C34H55N3O7. The molecule has 3 fully saturated rings. The van der Waals surface area contributed by atoms with Gasteiger partial charge in [0.05, 0.1) is 6.04 Å². The van der Waals surface area contributed by atoms with E-state index in [1.54, 1.807) is 9.80 Å². The van der Waals surface area contributed by atoms with Crippen molar-refractivity contribution in [3.8, 4) is 37.0 Å². The van der Waals surface area contributed by atoms with E-state index >= 15 is 0 Å². The van der Waals surface area contributed by atoms with Crippen molar-refractivity contribution in [2.75, 3.05) is 39.8 Å². The van der Waals surface area contributed by atoms with Gasteiger partial charge in [-0.1, -0.05) is 17.8 Å². The van der Waals surface area contributed by atoms with Crippen LogP contribution in [-0.4, -0.2) is 117 Å². The topological polar surface area (TPSA) is 123 Å². The zero-order valence-corrected chi connectivity index (χ0v) is 27.8. The number of carbonyl (C=O) groups is 2. The molecule has 0 aromatic rings. The van der Waals surface area contributed by atoms with Crippen molar-refractivity contribution in [1.29, 1.82) is 0 Å². The van der Waals surface area contributed by atoms with Gasteiger partial charge in [0.2, 0.25) is 0 Å². The van der Waals surface area contributed by atoms with Crippen LogP contribution in [0.4, 0.5) is 9.59 Å². The highest BCUT2D eigenvalue weighted by molar-refractivity contribution is 5.69. The predicted molar refractivity (Wildman–Crippen MR) is 171 cm³/mol. The first kappa shape index (κ1) is 39.1. The number of carbonyl (C=O) groups excluding carboxylic acids is 2. The maximum Gasteiger partial charge on any atom is 0.410 e. The summed E-state index contributed by atoms with van der Waals surface area (Å²) in [7, 11) is 2.04. The molecule has 4 unspecified atom stereocenters. The Kier molecular flexibility index (Phi) is 15.6. The second kappa shape index (κ2) is 17.5. The van der Waals surface area contributed by atoms with Gasteiger partial charge in [-0.25, -0.2) is 9.59 Å². The number of terminal acetylenes is 3. The summed E-state index contributed by atoms with van der Waals surface area (Å²) < 4.78 is 10.6. The van der Waals surface area contributed by atoms with Crippen LogP contribution in [-0.2, 0) is 9.47 Å². The lowest BCUT2D eigenvalue weighted by atomic mass is 9.93. The van der Waals surface area contributed by atoms with E-state index in [9.17, 15) is 24.9 Å². The molecule has 248 valence electrons. The van der Waals surface area contributed by atoms with E-state index in [0.717, 1.165) is 45.2 Å². The van der Waals surface area contributed by atoms with Gasteiger partial charge in [-0.05, 0) is 80.7 Å². The average molecular weight is 618 g/mol. The molecule has 0 aliphatic carbocycles. The van der Waals surface area contributed by atoms with Crippen molar-refractivity contribution >= 4 is 12.2 Å². The zero-order chi connectivity index (χ0) is 33.7. The van der Waals surface area contributed by atoms with Crippen LogP contribution in [0.25, 0.3) is 0 Å². The minimum atomic E-state index is -0.914. The molecule has 0 spiro atoms. The van der Waals surface area contributed by atoms with Crippen LogP contribution >= 0.6 is 0 Å². The SMILES string of the molecule is C#CC(O)C1CCCCN1C(=O)OC(C)(C)C.C#CC(O)C1CCCN(C(=O)OC(C)(C)C)C1.C#CC1(O)CCN(C)CC1. The Bertz CT molecular complexity index is 1040. The summed E-state index contributed by atoms with van der Waals surface area (Å²) in [5.74, 6) is 7.00. The van der Waals surface area contributed by atoms with E-state index in [2.05, 4.69) is 22.7 Å². The Morgan fingerprint density at radius 2 is 1.36 bits per heavy atom. The van der Waals surface area contributed by atoms with Crippen LogP contribution < -0.4 is 0 Å². The third kappa shape index (κ3) is 14.2. The fourth-order valence-electron chi connectivity index (χ4n) is 4.97. The summed E-state index contributed by atoms with van der Waals surface area (Å²) in [5, 5.41) is 28.8. The summed E-state index contributed by atoms with van der Waals surface area (Å²) in [6.45, 7) is 14.5. The number of ether oxygens (including phenoxy) is 2. The lowest BCUT2D eigenvalue weighted by molar-refractivity contribution is -0.00632. The van der Waals surface area contributed by atoms with Crippen molar-refractivity contribution in [2.45, 2.75) is 122 Å². The second-order valence-corrected chi connectivity index (χ2v) is 13.8. The molecule has 3 saturated heterocycles. The van der Waals surface area contributed by atoms with Crippen LogP contribution in [0.3, 0.4) is 0 Å². The number of aliphatic hydroxyl groups excluding tert-OH is 2. The minimum Gasteiger partial charge on any atom is -0.444 e. The first-order chi connectivity index (χ1) is 20.3. The summed E-state index contributed by atoms with van der Waals surface area (Å²) in [4.78, 5) is 29.2. The summed E-state index contributed by atoms with van der Waals surface area (Å²) >= 11 is 0. The molecule has 0 bridgehead atoms. The van der Waals surface area contributed by atoms with E-state index in [4.69, 9.17) is 28.7 Å². The highest BCUT2D eigenvalue weighted by Gasteiger charge is 2.34. The molecule has 3 aliphatic heterocycles. The zero-order valence-electron chi connectivity index (χ0n) is 27.8. The molecule has 3 rings (SSSR count). The minimum absolute atomic E-state index is 0.0405. The third-order valence-corrected chi connectivity index (χ3v) is 7.52. The molecule has 10 heteroatoms. The Labute approximate surface area is 265 Å². The fourth-order valence-corrected chi connectivity index (χ4v) is 4.97. The Morgan fingerprint density at radius 3 is 1.86 bits per heavy atom. The summed E-state index contributed by atoms with van der Waals surface area (Å²) in [5.41, 5.74) is -1.83. The molecule has 0 radical (unpaired) electrons. The highest BCUT2D eigenvalue weighted by atomic mass is 16.6. The number of hydrogen-bond acceptors (Lipinski definition) is 8. The molecule has 44 heavy (non-hydrogen) atoms. The van der Waals surface area contributed by atoms with E-state index in [1.807, 2.05) is 48.6 Å². The van der Waals surface area contributed by atoms with Gasteiger partial charge in [0.25, 0.3) is 0 Å². The molecule has 4 atom stereocenters. The first-order valence-electron chi connectivity index (χ1n) is 15.5. The molecule has 3 N–H and O–H groups in total. The van der Waals surface area contributed by atoms with Gasteiger partial charge in [-0.15, -0.1) is 19.3 Å². The van der Waals surface area contributed by atoms with Gasteiger partial charge in [-0.2, -0.15) is 0 Å². The van der Waals surface area contributed by atoms with Gasteiger partial charge >= 0.3 is 12.2 Å². The van der Waals surface area contributed by atoms with Crippen LogP contribution in [0.2, 0.25) is 0 Å². The fraction of sp³-hybridized carbons (Fsp3) is 0.765. The predicted octanol–water partition coefficient (Wildman–Crippen LogP) is 3.47. The maximum absolute atomic E-state index is 12.0. The van der Waals surface area contributed by atoms with Crippen molar-refractivity contribution in [3.63, 3.8) is 0 Å². The van der Waals surface area contributed by atoms with Gasteiger partial charge in [0.15, 0.2) is 0 Å². The quantitative estimate of drug-likeness (QED) is 0.403.